The molecule has 0 spiro atoms. The van der Waals surface area contributed by atoms with E-state index in [0.29, 0.717) is 50.1 Å². The van der Waals surface area contributed by atoms with Gasteiger partial charge in [0.1, 0.15) is 23.7 Å². The summed E-state index contributed by atoms with van der Waals surface area (Å²) in [7, 11) is 3.57. The summed E-state index contributed by atoms with van der Waals surface area (Å²) in [5.41, 5.74) is 2.73. The highest BCUT2D eigenvalue weighted by Crippen LogP contribution is 2.36. The third kappa shape index (κ3) is 6.34. The highest BCUT2D eigenvalue weighted by molar-refractivity contribution is 6.37. The maximum Gasteiger partial charge on any atom is 0.247 e. The molecule has 1 aliphatic heterocycles. The molecule has 1 saturated heterocycles. The molecular weight excluding hydrogens is 529 g/mol. The Morgan fingerprint density at radius 1 is 0.974 bits per heavy atom. The molecule has 3 N–H and O–H groups in total. The SMILES string of the molecule is C=CC(=O)Nc1cc(Nc2cc(Nc3cc(OC)c(Cl)cc3Cl)ncn2)c(C=O)cc1N1CCN(C)CC1. The third-order valence-corrected chi connectivity index (χ3v) is 6.62. The topological polar surface area (TPSA) is 112 Å². The van der Waals surface area contributed by atoms with Gasteiger partial charge in [0, 0.05) is 43.9 Å². The standard InChI is InChI=1S/C26H27Cl2N7O3/c1-4-26(37)33-21-11-19(16(14-36)9-22(21)35-7-5-34(2)6-8-35)31-24-13-25(30-15-29-24)32-20-12-23(38-3)18(28)10-17(20)27/h4,9-15H,1,5-8H2,2-3H3,(H,33,37)(H2,29,30,31,32). The number of likely N-dealkylation sites (N-methyl/N-ethyl adjacent to an activating group) is 1. The van der Waals surface area contributed by atoms with E-state index in [1.807, 2.05) is 0 Å². The number of halogens is 2. The van der Waals surface area contributed by atoms with Crippen LogP contribution in [-0.2, 0) is 4.79 Å². The monoisotopic (exact) mass is 555 g/mol. The molecule has 12 heteroatoms. The Balaban J connectivity index is 1.64. The molecule has 1 fully saturated rings. The predicted molar refractivity (Wildman–Crippen MR) is 152 cm³/mol. The predicted octanol–water partition coefficient (Wildman–Crippen LogP) is 4.97. The maximum atomic E-state index is 12.2. The summed E-state index contributed by atoms with van der Waals surface area (Å²) >= 11 is 12.5. The molecule has 0 unspecified atom stereocenters. The number of aldehydes is 1. The van der Waals surface area contributed by atoms with Crippen LogP contribution in [-0.4, -0.2) is 67.4 Å². The van der Waals surface area contributed by atoms with Crippen molar-refractivity contribution < 1.29 is 14.3 Å². The van der Waals surface area contributed by atoms with Gasteiger partial charge in [-0.15, -0.1) is 0 Å². The maximum absolute atomic E-state index is 12.2. The number of nitrogens with zero attached hydrogens (tertiary/aromatic N) is 4. The van der Waals surface area contributed by atoms with Crippen molar-refractivity contribution >= 4 is 69.8 Å². The molecule has 0 bridgehead atoms. The molecule has 38 heavy (non-hydrogen) atoms. The summed E-state index contributed by atoms with van der Waals surface area (Å²) < 4.78 is 5.26. The van der Waals surface area contributed by atoms with Crippen LogP contribution in [0.2, 0.25) is 10.0 Å². The van der Waals surface area contributed by atoms with Crippen LogP contribution < -0.4 is 25.6 Å². The molecular formula is C26H27Cl2N7O3. The number of ether oxygens (including phenoxy) is 1. The zero-order chi connectivity index (χ0) is 27.2. The van der Waals surface area contributed by atoms with Gasteiger partial charge in [-0.1, -0.05) is 29.8 Å². The Hall–Kier alpha value is -3.86. The lowest BCUT2D eigenvalue weighted by Gasteiger charge is -2.35. The number of hydrogen-bond donors (Lipinski definition) is 3. The number of piperazine rings is 1. The van der Waals surface area contributed by atoms with Crippen LogP contribution in [0.15, 0.2) is 49.3 Å². The first-order valence-electron chi connectivity index (χ1n) is 11.7. The molecule has 0 atom stereocenters. The van der Waals surface area contributed by atoms with E-state index in [9.17, 15) is 9.59 Å². The van der Waals surface area contributed by atoms with Gasteiger partial charge in [0.25, 0.3) is 0 Å². The molecule has 2 aromatic carbocycles. The van der Waals surface area contributed by atoms with Crippen LogP contribution >= 0.6 is 23.2 Å². The largest absolute Gasteiger partial charge is 0.495 e. The highest BCUT2D eigenvalue weighted by Gasteiger charge is 2.20. The zero-order valence-corrected chi connectivity index (χ0v) is 22.4. The smallest absolute Gasteiger partial charge is 0.247 e. The first kappa shape index (κ1) is 27.2. The minimum atomic E-state index is -0.353. The van der Waals surface area contributed by atoms with E-state index >= 15 is 0 Å². The fraction of sp³-hybridized carbons (Fsp3) is 0.231. The molecule has 0 radical (unpaired) electrons. The van der Waals surface area contributed by atoms with Crippen molar-refractivity contribution in [1.29, 1.82) is 0 Å². The first-order valence-corrected chi connectivity index (χ1v) is 12.5. The van der Waals surface area contributed by atoms with Crippen molar-refractivity contribution in [3.05, 3.63) is 64.9 Å². The number of amides is 1. The van der Waals surface area contributed by atoms with Gasteiger partial charge in [-0.3, -0.25) is 9.59 Å². The lowest BCUT2D eigenvalue weighted by molar-refractivity contribution is -0.111. The van der Waals surface area contributed by atoms with E-state index in [4.69, 9.17) is 27.9 Å². The molecule has 1 aromatic heterocycles. The van der Waals surface area contributed by atoms with Crippen LogP contribution in [0.1, 0.15) is 10.4 Å². The average molecular weight is 556 g/mol. The van der Waals surface area contributed by atoms with Crippen LogP contribution in [0, 0.1) is 0 Å². The lowest BCUT2D eigenvalue weighted by Crippen LogP contribution is -2.44. The Morgan fingerprint density at radius 2 is 1.66 bits per heavy atom. The third-order valence-electron chi connectivity index (χ3n) is 6.02. The molecule has 3 aromatic rings. The van der Waals surface area contributed by atoms with E-state index < -0.39 is 0 Å². The number of rotatable bonds is 9. The van der Waals surface area contributed by atoms with Gasteiger partial charge in [-0.25, -0.2) is 9.97 Å². The minimum absolute atomic E-state index is 0.353. The second-order valence-electron chi connectivity index (χ2n) is 8.56. The van der Waals surface area contributed by atoms with Crippen LogP contribution in [0.4, 0.5) is 34.4 Å². The summed E-state index contributed by atoms with van der Waals surface area (Å²) in [5.74, 6) is 0.955. The number of carbonyl (C=O) groups is 2. The van der Waals surface area contributed by atoms with Gasteiger partial charge in [-0.2, -0.15) is 0 Å². The quantitative estimate of drug-likeness (QED) is 0.249. The van der Waals surface area contributed by atoms with Gasteiger partial charge < -0.3 is 30.5 Å². The molecule has 0 aliphatic carbocycles. The van der Waals surface area contributed by atoms with Crippen molar-refractivity contribution in [2.45, 2.75) is 0 Å². The second-order valence-corrected chi connectivity index (χ2v) is 9.38. The molecule has 2 heterocycles. The highest BCUT2D eigenvalue weighted by atomic mass is 35.5. The average Bonchev–Trinajstić information content (AvgIpc) is 2.91. The van der Waals surface area contributed by atoms with E-state index in [0.717, 1.165) is 38.2 Å². The number of nitrogens with one attached hydrogen (secondary N) is 3. The number of anilines is 6. The Labute approximate surface area is 230 Å². The van der Waals surface area contributed by atoms with Gasteiger partial charge in [0.15, 0.2) is 6.29 Å². The van der Waals surface area contributed by atoms with Crippen molar-refractivity contribution in [1.82, 2.24) is 14.9 Å². The molecule has 198 valence electrons. The number of hydrogen-bond acceptors (Lipinski definition) is 9. The fourth-order valence-electron chi connectivity index (χ4n) is 3.95. The Morgan fingerprint density at radius 3 is 2.29 bits per heavy atom. The lowest BCUT2D eigenvalue weighted by atomic mass is 10.1. The van der Waals surface area contributed by atoms with Crippen molar-refractivity contribution in [2.24, 2.45) is 0 Å². The van der Waals surface area contributed by atoms with E-state index in [1.165, 1.54) is 19.5 Å². The molecule has 0 saturated carbocycles. The summed E-state index contributed by atoms with van der Waals surface area (Å²) in [6.45, 7) is 6.80. The van der Waals surface area contributed by atoms with Crippen LogP contribution in [0.25, 0.3) is 0 Å². The van der Waals surface area contributed by atoms with E-state index in [1.54, 1.807) is 30.3 Å². The summed E-state index contributed by atoms with van der Waals surface area (Å²) in [6, 6.07) is 8.37. The fourth-order valence-corrected chi connectivity index (χ4v) is 4.46. The number of aromatic nitrogens is 2. The number of methoxy groups -OCH3 is 1. The minimum Gasteiger partial charge on any atom is -0.495 e. The number of carbonyl (C=O) groups excluding carboxylic acids is 2. The molecule has 1 aliphatic rings. The molecule has 4 rings (SSSR count). The van der Waals surface area contributed by atoms with Gasteiger partial charge in [0.2, 0.25) is 5.91 Å². The van der Waals surface area contributed by atoms with Crippen molar-refractivity contribution in [3.8, 4) is 5.75 Å². The molecule has 10 nitrogen and oxygen atoms in total. The van der Waals surface area contributed by atoms with Gasteiger partial charge >= 0.3 is 0 Å². The summed E-state index contributed by atoms with van der Waals surface area (Å²) in [6.07, 6.45) is 3.33. The van der Waals surface area contributed by atoms with E-state index in [2.05, 4.69) is 49.3 Å². The Kier molecular flexibility index (Phi) is 8.67. The van der Waals surface area contributed by atoms with Crippen LogP contribution in [0.5, 0.6) is 5.75 Å². The summed E-state index contributed by atoms with van der Waals surface area (Å²) in [5, 5.41) is 9.91. The normalized spacial score (nSPS) is 13.5. The van der Waals surface area contributed by atoms with Gasteiger partial charge in [0.05, 0.1) is 39.9 Å². The molecule has 1 amide bonds. The van der Waals surface area contributed by atoms with Crippen molar-refractivity contribution in [2.75, 3.05) is 61.2 Å². The first-order chi connectivity index (χ1) is 18.3. The van der Waals surface area contributed by atoms with Gasteiger partial charge in [-0.05, 0) is 31.3 Å². The van der Waals surface area contributed by atoms with Crippen LogP contribution in [0.3, 0.4) is 0 Å². The Bertz CT molecular complexity index is 1360. The summed E-state index contributed by atoms with van der Waals surface area (Å²) in [4.78, 5) is 37.2. The van der Waals surface area contributed by atoms with E-state index in [-0.39, 0.29) is 5.91 Å². The van der Waals surface area contributed by atoms with Crippen molar-refractivity contribution in [3.63, 3.8) is 0 Å². The second kappa shape index (κ2) is 12.1. The zero-order valence-electron chi connectivity index (χ0n) is 20.9. The number of benzene rings is 2.